The Kier molecular flexibility index (Phi) is 6.11. The van der Waals surface area contributed by atoms with Crippen molar-refractivity contribution in [3.8, 4) is 0 Å². The fourth-order valence-electron chi connectivity index (χ4n) is 3.74. The number of amides is 1. The number of fused-ring (bicyclic) bond motifs is 1. The van der Waals surface area contributed by atoms with Crippen LogP contribution in [0.3, 0.4) is 0 Å². The number of likely N-dealkylation sites (tertiary alicyclic amines) is 1. The van der Waals surface area contributed by atoms with E-state index in [0.717, 1.165) is 31.5 Å². The number of H-pyrrole nitrogens is 1. The molecule has 1 fully saturated rings. The third-order valence-corrected chi connectivity index (χ3v) is 5.66. The zero-order valence-corrected chi connectivity index (χ0v) is 17.1. The molecule has 0 spiro atoms. The lowest BCUT2D eigenvalue weighted by molar-refractivity contribution is -0.126. The number of carbonyl (C=O) groups excluding carboxylic acids is 1. The SMILES string of the molecule is O=C(NCc1ccc(F)cc1)C1CCN(Cc2nc3ccc(Cl)cc3c(=O)[nH]2)CC1. The predicted octanol–water partition coefficient (Wildman–Crippen LogP) is 3.24. The number of rotatable bonds is 5. The van der Waals surface area contributed by atoms with Crippen LogP contribution in [0.4, 0.5) is 4.39 Å². The van der Waals surface area contributed by atoms with Gasteiger partial charge in [0.25, 0.3) is 5.56 Å². The third kappa shape index (κ3) is 4.86. The van der Waals surface area contributed by atoms with Gasteiger partial charge in [0.1, 0.15) is 11.6 Å². The molecule has 30 heavy (non-hydrogen) atoms. The van der Waals surface area contributed by atoms with E-state index in [-0.39, 0.29) is 23.2 Å². The molecule has 156 valence electrons. The van der Waals surface area contributed by atoms with Gasteiger partial charge in [-0.3, -0.25) is 14.5 Å². The number of halogens is 2. The third-order valence-electron chi connectivity index (χ3n) is 5.43. The fraction of sp³-hybridized carbons (Fsp3) is 0.318. The molecule has 1 aromatic heterocycles. The van der Waals surface area contributed by atoms with E-state index in [1.807, 2.05) is 0 Å². The zero-order valence-electron chi connectivity index (χ0n) is 16.3. The topological polar surface area (TPSA) is 78.1 Å². The highest BCUT2D eigenvalue weighted by atomic mass is 35.5. The summed E-state index contributed by atoms with van der Waals surface area (Å²) in [4.78, 5) is 34.3. The molecule has 0 unspecified atom stereocenters. The van der Waals surface area contributed by atoms with E-state index in [0.29, 0.717) is 34.8 Å². The van der Waals surface area contributed by atoms with Gasteiger partial charge in [-0.2, -0.15) is 0 Å². The molecule has 0 bridgehead atoms. The molecule has 1 amide bonds. The minimum atomic E-state index is -0.288. The van der Waals surface area contributed by atoms with Crippen LogP contribution >= 0.6 is 11.6 Å². The fourth-order valence-corrected chi connectivity index (χ4v) is 3.91. The van der Waals surface area contributed by atoms with Gasteiger partial charge in [-0.1, -0.05) is 23.7 Å². The van der Waals surface area contributed by atoms with Crippen molar-refractivity contribution in [2.75, 3.05) is 13.1 Å². The normalized spacial score (nSPS) is 15.4. The highest BCUT2D eigenvalue weighted by Gasteiger charge is 2.25. The highest BCUT2D eigenvalue weighted by Crippen LogP contribution is 2.20. The van der Waals surface area contributed by atoms with E-state index in [1.54, 1.807) is 30.3 Å². The Morgan fingerprint density at radius 3 is 2.67 bits per heavy atom. The molecule has 8 heteroatoms. The first-order valence-electron chi connectivity index (χ1n) is 9.91. The Bertz CT molecular complexity index is 1110. The monoisotopic (exact) mass is 428 g/mol. The molecular weight excluding hydrogens is 407 g/mol. The summed E-state index contributed by atoms with van der Waals surface area (Å²) in [5.41, 5.74) is 1.29. The molecule has 2 aromatic carbocycles. The van der Waals surface area contributed by atoms with Crippen molar-refractivity contribution in [2.45, 2.75) is 25.9 Å². The summed E-state index contributed by atoms with van der Waals surface area (Å²) in [5, 5.41) is 3.91. The van der Waals surface area contributed by atoms with Gasteiger partial charge in [0.15, 0.2) is 0 Å². The first kappa shape index (κ1) is 20.5. The van der Waals surface area contributed by atoms with Gasteiger partial charge in [-0.05, 0) is 61.8 Å². The molecule has 6 nitrogen and oxygen atoms in total. The number of benzene rings is 2. The molecule has 2 N–H and O–H groups in total. The second-order valence-electron chi connectivity index (χ2n) is 7.57. The first-order chi connectivity index (χ1) is 14.5. The lowest BCUT2D eigenvalue weighted by Gasteiger charge is -2.30. The summed E-state index contributed by atoms with van der Waals surface area (Å²) < 4.78 is 13.0. The van der Waals surface area contributed by atoms with Gasteiger partial charge >= 0.3 is 0 Å². The maximum atomic E-state index is 13.0. The van der Waals surface area contributed by atoms with Gasteiger partial charge in [0, 0.05) is 17.5 Å². The van der Waals surface area contributed by atoms with Crippen LogP contribution in [0.2, 0.25) is 5.02 Å². The van der Waals surface area contributed by atoms with E-state index >= 15 is 0 Å². The summed E-state index contributed by atoms with van der Waals surface area (Å²) in [6.45, 7) is 2.41. The van der Waals surface area contributed by atoms with Gasteiger partial charge in [-0.15, -0.1) is 0 Å². The average Bonchev–Trinajstić information content (AvgIpc) is 2.74. The van der Waals surface area contributed by atoms with Gasteiger partial charge in [0.05, 0.1) is 17.4 Å². The number of piperidine rings is 1. The van der Waals surface area contributed by atoms with Gasteiger partial charge < -0.3 is 10.3 Å². The van der Waals surface area contributed by atoms with E-state index in [2.05, 4.69) is 20.2 Å². The Morgan fingerprint density at radius 2 is 1.93 bits per heavy atom. The maximum Gasteiger partial charge on any atom is 0.258 e. The Morgan fingerprint density at radius 1 is 1.20 bits per heavy atom. The molecular formula is C22H22ClFN4O2. The second-order valence-corrected chi connectivity index (χ2v) is 8.01. The van der Waals surface area contributed by atoms with Crippen molar-refractivity contribution in [2.24, 2.45) is 5.92 Å². The molecule has 3 aromatic rings. The molecule has 0 atom stereocenters. The standard InChI is InChI=1S/C22H22ClFN4O2/c23-16-3-6-19-18(11-16)22(30)27-20(26-19)13-28-9-7-15(8-10-28)21(29)25-12-14-1-4-17(24)5-2-14/h1-6,11,15H,7-10,12-13H2,(H,25,29)(H,26,27,30). The number of hydrogen-bond donors (Lipinski definition) is 2. The van der Waals surface area contributed by atoms with Crippen molar-refractivity contribution in [1.82, 2.24) is 20.2 Å². The molecule has 0 saturated carbocycles. The van der Waals surface area contributed by atoms with Crippen LogP contribution in [0.15, 0.2) is 47.3 Å². The maximum absolute atomic E-state index is 13.0. The van der Waals surface area contributed by atoms with E-state index < -0.39 is 0 Å². The number of hydrogen-bond acceptors (Lipinski definition) is 4. The summed E-state index contributed by atoms with van der Waals surface area (Å²) in [5.74, 6) is 0.290. The average molecular weight is 429 g/mol. The number of carbonyl (C=O) groups is 1. The zero-order chi connectivity index (χ0) is 21.1. The molecule has 4 rings (SSSR count). The van der Waals surface area contributed by atoms with Crippen LogP contribution in [0.1, 0.15) is 24.2 Å². The van der Waals surface area contributed by atoms with Crippen LogP contribution in [0.5, 0.6) is 0 Å². The highest BCUT2D eigenvalue weighted by molar-refractivity contribution is 6.31. The van der Waals surface area contributed by atoms with Crippen molar-refractivity contribution in [3.63, 3.8) is 0 Å². The number of aromatic nitrogens is 2. The number of nitrogens with zero attached hydrogens (tertiary/aromatic N) is 2. The first-order valence-corrected chi connectivity index (χ1v) is 10.3. The van der Waals surface area contributed by atoms with Gasteiger partial charge in [-0.25, -0.2) is 9.37 Å². The smallest absolute Gasteiger partial charge is 0.258 e. The van der Waals surface area contributed by atoms with Crippen LogP contribution in [0, 0.1) is 11.7 Å². The van der Waals surface area contributed by atoms with Crippen LogP contribution in [-0.4, -0.2) is 33.9 Å². The second kappa shape index (κ2) is 8.93. The van der Waals surface area contributed by atoms with Crippen molar-refractivity contribution in [1.29, 1.82) is 0 Å². The largest absolute Gasteiger partial charge is 0.352 e. The quantitative estimate of drug-likeness (QED) is 0.654. The van der Waals surface area contributed by atoms with Crippen LogP contribution < -0.4 is 10.9 Å². The molecule has 2 heterocycles. The molecule has 1 aliphatic rings. The Labute approximate surface area is 178 Å². The van der Waals surface area contributed by atoms with Gasteiger partial charge in [0.2, 0.25) is 5.91 Å². The summed E-state index contributed by atoms with van der Waals surface area (Å²) in [6.07, 6.45) is 1.48. The predicted molar refractivity (Wildman–Crippen MR) is 114 cm³/mol. The van der Waals surface area contributed by atoms with Crippen molar-refractivity contribution >= 4 is 28.4 Å². The Balaban J connectivity index is 1.30. The molecule has 0 aliphatic carbocycles. The van der Waals surface area contributed by atoms with E-state index in [1.165, 1.54) is 12.1 Å². The molecule has 1 saturated heterocycles. The summed E-state index contributed by atoms with van der Waals surface area (Å²) >= 11 is 5.95. The minimum absolute atomic E-state index is 0.0214. The lowest BCUT2D eigenvalue weighted by Crippen LogP contribution is -2.40. The number of aromatic amines is 1. The minimum Gasteiger partial charge on any atom is -0.352 e. The van der Waals surface area contributed by atoms with Crippen molar-refractivity contribution in [3.05, 3.63) is 75.0 Å². The van der Waals surface area contributed by atoms with E-state index in [4.69, 9.17) is 11.6 Å². The van der Waals surface area contributed by atoms with Crippen LogP contribution in [-0.2, 0) is 17.9 Å². The molecule has 1 aliphatic heterocycles. The number of nitrogens with one attached hydrogen (secondary N) is 2. The van der Waals surface area contributed by atoms with Crippen LogP contribution in [0.25, 0.3) is 10.9 Å². The van der Waals surface area contributed by atoms with Crippen molar-refractivity contribution < 1.29 is 9.18 Å². The Hall–Kier alpha value is -2.77. The molecule has 0 radical (unpaired) electrons. The lowest BCUT2D eigenvalue weighted by atomic mass is 9.96. The summed E-state index contributed by atoms with van der Waals surface area (Å²) in [7, 11) is 0. The summed E-state index contributed by atoms with van der Waals surface area (Å²) in [6, 6.07) is 11.2. The van der Waals surface area contributed by atoms with E-state index in [9.17, 15) is 14.0 Å².